The molecule has 62 heavy (non-hydrogen) atoms. The van der Waals surface area contributed by atoms with E-state index in [4.69, 9.17) is 0 Å². The third kappa shape index (κ3) is 7.04. The molecule has 0 fully saturated rings. The highest BCUT2D eigenvalue weighted by Crippen LogP contribution is 2.40. The molecule has 0 atom stereocenters. The molecule has 0 aliphatic carbocycles. The Kier molecular flexibility index (Phi) is 8.47. The molecule has 1 aromatic heterocycles. The van der Waals surface area contributed by atoms with Gasteiger partial charge in [0.05, 0.1) is 16.5 Å². The fourth-order valence-corrected chi connectivity index (χ4v) is 8.56. The molecular formula is C60H42N2. The van der Waals surface area contributed by atoms with Crippen LogP contribution in [0.3, 0.4) is 0 Å². The topological polar surface area (TPSA) is 8.17 Å². The maximum absolute atomic E-state index is 9.97. The molecule has 0 amide bonds. The first kappa shape index (κ1) is 32.6. The summed E-state index contributed by atoms with van der Waals surface area (Å²) in [5.74, 6) is 0. The second-order valence-corrected chi connectivity index (χ2v) is 15.5. The van der Waals surface area contributed by atoms with Crippen LogP contribution in [-0.4, -0.2) is 4.57 Å². The quantitative estimate of drug-likeness (QED) is 0.141. The SMILES string of the molecule is [2H]c1c([2H])c(-c2ccc3c(c2)c2ccccc2n3-c2ccccc2)c([2H])c(N(c2ccc(-c3ccc(-c4ccccc4)cc3)cc2)c2ccc(-c3ccc(-c4ccccc4)cc3)cc2)c1[2H]. The molecular weight excluding hydrogens is 749 g/mol. The van der Waals surface area contributed by atoms with Crippen LogP contribution in [0.5, 0.6) is 0 Å². The predicted octanol–water partition coefficient (Wildman–Crippen LogP) is 16.6. The monoisotopic (exact) mass is 794 g/mol. The fourth-order valence-electron chi connectivity index (χ4n) is 8.56. The average Bonchev–Trinajstić information content (AvgIpc) is 3.72. The number of nitrogens with zero attached hydrogens (tertiary/aromatic N) is 2. The summed E-state index contributed by atoms with van der Waals surface area (Å²) in [4.78, 5) is 1.90. The van der Waals surface area contributed by atoms with Gasteiger partial charge >= 0.3 is 0 Å². The number of para-hydroxylation sites is 2. The van der Waals surface area contributed by atoms with E-state index in [1.165, 1.54) is 0 Å². The van der Waals surface area contributed by atoms with Crippen LogP contribution < -0.4 is 4.90 Å². The van der Waals surface area contributed by atoms with Gasteiger partial charge in [-0.15, -0.1) is 0 Å². The van der Waals surface area contributed by atoms with E-state index >= 15 is 0 Å². The highest BCUT2D eigenvalue weighted by Gasteiger charge is 2.17. The summed E-state index contributed by atoms with van der Waals surface area (Å²) < 4.78 is 40.2. The van der Waals surface area contributed by atoms with Crippen LogP contribution in [0.1, 0.15) is 5.48 Å². The van der Waals surface area contributed by atoms with Crippen LogP contribution >= 0.6 is 0 Å². The molecule has 0 radical (unpaired) electrons. The molecule has 0 N–H and O–H groups in total. The molecule has 10 aromatic carbocycles. The summed E-state index contributed by atoms with van der Waals surface area (Å²) in [6.45, 7) is 0. The second-order valence-electron chi connectivity index (χ2n) is 15.5. The molecule has 11 aromatic rings. The van der Waals surface area contributed by atoms with Crippen molar-refractivity contribution in [1.29, 1.82) is 0 Å². The zero-order chi connectivity index (χ0) is 44.7. The molecule has 0 bridgehead atoms. The minimum absolute atomic E-state index is 0.00769. The summed E-state index contributed by atoms with van der Waals surface area (Å²) in [6.07, 6.45) is 0. The van der Waals surface area contributed by atoms with Crippen molar-refractivity contribution in [3.05, 3.63) is 255 Å². The molecule has 1 heterocycles. The number of hydrogen-bond acceptors (Lipinski definition) is 1. The minimum Gasteiger partial charge on any atom is -0.310 e. The average molecular weight is 795 g/mol. The van der Waals surface area contributed by atoms with Crippen molar-refractivity contribution in [3.8, 4) is 61.3 Å². The first-order chi connectivity index (χ1) is 32.4. The van der Waals surface area contributed by atoms with E-state index in [2.05, 4.69) is 126 Å². The Morgan fingerprint density at radius 1 is 0.306 bits per heavy atom. The Labute approximate surface area is 368 Å². The number of hydrogen-bond donors (Lipinski definition) is 0. The highest BCUT2D eigenvalue weighted by molar-refractivity contribution is 6.10. The van der Waals surface area contributed by atoms with E-state index in [0.717, 1.165) is 83.4 Å². The molecule has 2 nitrogen and oxygen atoms in total. The minimum atomic E-state index is -0.238. The van der Waals surface area contributed by atoms with E-state index in [-0.39, 0.29) is 29.9 Å². The van der Waals surface area contributed by atoms with Gasteiger partial charge in [0.2, 0.25) is 0 Å². The summed E-state index contributed by atoms with van der Waals surface area (Å²) in [5, 5.41) is 2.02. The lowest BCUT2D eigenvalue weighted by Crippen LogP contribution is -2.10. The standard InChI is InChI=1S/C60H42N2/c1-4-13-43(14-5-1)45-23-27-47(28-24-45)49-31-36-54(37-32-49)61(55-38-33-50(34-39-55)48-29-25-46(26-30-48)44-15-6-2-7-16-44)56-20-12-17-51(41-56)52-35-40-60-58(42-52)57-21-10-11-22-59(57)62(60)53-18-8-3-9-19-53/h1-42H/i12D,17D,20D,41D. The summed E-state index contributed by atoms with van der Waals surface area (Å²) in [7, 11) is 0. The Morgan fingerprint density at radius 2 is 0.710 bits per heavy atom. The van der Waals surface area contributed by atoms with E-state index in [9.17, 15) is 5.48 Å². The first-order valence-electron chi connectivity index (χ1n) is 22.9. The highest BCUT2D eigenvalue weighted by atomic mass is 15.1. The molecule has 2 heteroatoms. The Bertz CT molecular complexity index is 3390. The third-order valence-corrected chi connectivity index (χ3v) is 11.7. The van der Waals surface area contributed by atoms with Gasteiger partial charge in [-0.05, 0) is 122 Å². The number of aromatic nitrogens is 1. The molecule has 292 valence electrons. The summed E-state index contributed by atoms with van der Waals surface area (Å²) in [6, 6.07) is 78.0. The van der Waals surface area contributed by atoms with Gasteiger partial charge in [0.15, 0.2) is 0 Å². The molecule has 0 spiro atoms. The third-order valence-electron chi connectivity index (χ3n) is 11.7. The number of fused-ring (bicyclic) bond motifs is 3. The van der Waals surface area contributed by atoms with Gasteiger partial charge in [-0.25, -0.2) is 0 Å². The van der Waals surface area contributed by atoms with Gasteiger partial charge in [0.25, 0.3) is 0 Å². The Balaban J connectivity index is 1.03. The maximum atomic E-state index is 9.97. The van der Waals surface area contributed by atoms with Crippen molar-refractivity contribution >= 4 is 38.9 Å². The van der Waals surface area contributed by atoms with Gasteiger partial charge in [0, 0.05) is 33.5 Å². The number of anilines is 3. The van der Waals surface area contributed by atoms with Gasteiger partial charge in [-0.3, -0.25) is 0 Å². The molecule has 0 aliphatic rings. The van der Waals surface area contributed by atoms with Crippen LogP contribution in [0.4, 0.5) is 17.1 Å². The van der Waals surface area contributed by atoms with Crippen molar-refractivity contribution < 1.29 is 5.48 Å². The predicted molar refractivity (Wildman–Crippen MR) is 263 cm³/mol. The van der Waals surface area contributed by atoms with Crippen LogP contribution in [0, 0.1) is 0 Å². The zero-order valence-corrected chi connectivity index (χ0v) is 33.8. The zero-order valence-electron chi connectivity index (χ0n) is 37.8. The smallest absolute Gasteiger partial charge is 0.0651 e. The van der Waals surface area contributed by atoms with Crippen LogP contribution in [0.2, 0.25) is 0 Å². The lowest BCUT2D eigenvalue weighted by molar-refractivity contribution is 1.18. The molecule has 0 saturated carbocycles. The molecule has 0 saturated heterocycles. The van der Waals surface area contributed by atoms with Crippen LogP contribution in [0.15, 0.2) is 255 Å². The van der Waals surface area contributed by atoms with E-state index in [1.54, 1.807) is 0 Å². The Hall–Kier alpha value is -8.20. The lowest BCUT2D eigenvalue weighted by Gasteiger charge is -2.26. The largest absolute Gasteiger partial charge is 0.310 e. The van der Waals surface area contributed by atoms with Crippen molar-refractivity contribution in [3.63, 3.8) is 0 Å². The second kappa shape index (κ2) is 16.1. The van der Waals surface area contributed by atoms with E-state index in [0.29, 0.717) is 11.1 Å². The number of rotatable bonds is 9. The molecule has 0 aliphatic heterocycles. The van der Waals surface area contributed by atoms with E-state index in [1.807, 2.05) is 114 Å². The summed E-state index contributed by atoms with van der Waals surface area (Å²) in [5.41, 5.74) is 14.5. The first-order valence-corrected chi connectivity index (χ1v) is 20.9. The number of benzene rings is 10. The van der Waals surface area contributed by atoms with Gasteiger partial charge in [-0.1, -0.05) is 188 Å². The van der Waals surface area contributed by atoms with E-state index < -0.39 is 0 Å². The van der Waals surface area contributed by atoms with Crippen LogP contribution in [0.25, 0.3) is 83.1 Å². The molecule has 11 rings (SSSR count). The van der Waals surface area contributed by atoms with Gasteiger partial charge < -0.3 is 9.47 Å². The van der Waals surface area contributed by atoms with Crippen molar-refractivity contribution in [2.75, 3.05) is 4.90 Å². The normalized spacial score (nSPS) is 12.1. The molecule has 0 unspecified atom stereocenters. The van der Waals surface area contributed by atoms with Crippen LogP contribution in [-0.2, 0) is 0 Å². The van der Waals surface area contributed by atoms with Crippen molar-refractivity contribution in [2.45, 2.75) is 0 Å². The lowest BCUT2D eigenvalue weighted by atomic mass is 9.99. The fraction of sp³-hybridized carbons (Fsp3) is 0. The summed E-state index contributed by atoms with van der Waals surface area (Å²) >= 11 is 0. The van der Waals surface area contributed by atoms with Crippen molar-refractivity contribution in [2.24, 2.45) is 0 Å². The van der Waals surface area contributed by atoms with Crippen molar-refractivity contribution in [1.82, 2.24) is 4.57 Å². The van der Waals surface area contributed by atoms with Gasteiger partial charge in [0.1, 0.15) is 0 Å². The maximum Gasteiger partial charge on any atom is 0.0651 e. The van der Waals surface area contributed by atoms with Gasteiger partial charge in [-0.2, -0.15) is 0 Å². The Morgan fingerprint density at radius 3 is 1.23 bits per heavy atom.